The third-order valence-corrected chi connectivity index (χ3v) is 12.0. The molecule has 3 nitrogen and oxygen atoms in total. The van der Waals surface area contributed by atoms with E-state index in [0.29, 0.717) is 16.7 Å². The molecule has 0 saturated carbocycles. The van der Waals surface area contributed by atoms with Gasteiger partial charge in [-0.1, -0.05) is 0 Å². The molecule has 0 aliphatic heterocycles. The summed E-state index contributed by atoms with van der Waals surface area (Å²) in [7, 11) is 0. The Morgan fingerprint density at radius 2 is 0.885 bits per heavy atom. The third-order valence-electron chi connectivity index (χ3n) is 4.23. The van der Waals surface area contributed by atoms with E-state index >= 15 is 0 Å². The Hall–Kier alpha value is -2.46. The summed E-state index contributed by atoms with van der Waals surface area (Å²) in [5, 5.41) is 0. The molecular weight excluding hydrogens is 427 g/mol. The fourth-order valence-electron chi connectivity index (χ4n) is 2.84. The molecule has 0 atom stereocenters. The van der Waals surface area contributed by atoms with E-state index in [9.17, 15) is 14.4 Å². The Kier molecular flexibility index (Phi) is 6.18. The second-order valence-electron chi connectivity index (χ2n) is 6.01. The first kappa shape index (κ1) is 18.3. The molecule has 3 rings (SSSR count). The Balaban J connectivity index is 1.92. The van der Waals surface area contributed by atoms with Crippen LogP contribution in [0.3, 0.4) is 0 Å². The fraction of sp³-hybridized carbons (Fsp3) is 0.0455. The van der Waals surface area contributed by atoms with E-state index in [1.54, 1.807) is 72.8 Å². The molecular formula is C22H17InO3. The van der Waals surface area contributed by atoms with E-state index in [1.165, 1.54) is 0 Å². The van der Waals surface area contributed by atoms with Crippen LogP contribution in [0.1, 0.15) is 31.1 Å². The van der Waals surface area contributed by atoms with Crippen molar-refractivity contribution >= 4 is 34.3 Å². The molecule has 0 aromatic heterocycles. The van der Waals surface area contributed by atoms with Gasteiger partial charge in [-0.2, -0.15) is 0 Å². The number of carbonyl (C=O) groups is 3. The first-order valence-electron chi connectivity index (χ1n) is 8.43. The van der Waals surface area contributed by atoms with Gasteiger partial charge in [-0.25, -0.2) is 0 Å². The van der Waals surface area contributed by atoms with Crippen molar-refractivity contribution in [3.05, 3.63) is 108 Å². The van der Waals surface area contributed by atoms with E-state index in [1.807, 2.05) is 18.2 Å². The van der Waals surface area contributed by atoms with Crippen LogP contribution in [-0.2, 0) is 0 Å². The van der Waals surface area contributed by atoms with Crippen molar-refractivity contribution in [1.82, 2.24) is 0 Å². The summed E-state index contributed by atoms with van der Waals surface area (Å²) >= 11 is -3.60. The monoisotopic (exact) mass is 444 g/mol. The summed E-state index contributed by atoms with van der Waals surface area (Å²) in [6.45, 7) is 0. The molecule has 0 heterocycles. The Bertz CT molecular complexity index is 854. The summed E-state index contributed by atoms with van der Waals surface area (Å²) in [4.78, 5) is 38.8. The van der Waals surface area contributed by atoms with Gasteiger partial charge in [-0.15, -0.1) is 0 Å². The standard InChI is InChI=1S/C8H7O.2C7H5O.In/c1-7(9)8-5-3-2-4-6-8;2*8-6-7-4-2-1-3-5-7;/h2-6H,1H2;2*1-5H;. The topological polar surface area (TPSA) is 51.2 Å². The summed E-state index contributed by atoms with van der Waals surface area (Å²) in [5.41, 5.74) is 1.60. The van der Waals surface area contributed by atoms with Gasteiger partial charge in [0.05, 0.1) is 0 Å². The predicted molar refractivity (Wildman–Crippen MR) is 103 cm³/mol. The van der Waals surface area contributed by atoms with Crippen LogP contribution >= 0.6 is 0 Å². The van der Waals surface area contributed by atoms with Gasteiger partial charge in [-0.3, -0.25) is 0 Å². The second-order valence-corrected chi connectivity index (χ2v) is 13.3. The second kappa shape index (κ2) is 8.77. The van der Waals surface area contributed by atoms with Gasteiger partial charge in [0, 0.05) is 0 Å². The number of ketones is 1. The molecule has 26 heavy (non-hydrogen) atoms. The number of hydrogen-bond donors (Lipinski definition) is 0. The minimum atomic E-state index is -3.60. The van der Waals surface area contributed by atoms with Crippen LogP contribution in [-0.4, -0.2) is 34.3 Å². The van der Waals surface area contributed by atoms with Gasteiger partial charge < -0.3 is 0 Å². The molecule has 0 bridgehead atoms. The maximum atomic E-state index is 13.0. The summed E-state index contributed by atoms with van der Waals surface area (Å²) in [6, 6.07) is 26.5. The zero-order valence-corrected chi connectivity index (χ0v) is 17.5. The quantitative estimate of drug-likeness (QED) is 0.514. The molecule has 0 spiro atoms. The van der Waals surface area contributed by atoms with Crippen molar-refractivity contribution in [1.29, 1.82) is 0 Å². The third kappa shape index (κ3) is 4.38. The van der Waals surface area contributed by atoms with Gasteiger partial charge in [0.1, 0.15) is 0 Å². The molecule has 0 unspecified atom stereocenters. The van der Waals surface area contributed by atoms with E-state index in [-0.39, 0.29) is 17.0 Å². The van der Waals surface area contributed by atoms with Gasteiger partial charge in [0.25, 0.3) is 0 Å². The number of carbonyl (C=O) groups excluding carboxylic acids is 3. The van der Waals surface area contributed by atoms with Crippen molar-refractivity contribution < 1.29 is 14.4 Å². The average Bonchev–Trinajstić information content (AvgIpc) is 2.73. The molecule has 0 N–H and O–H groups in total. The van der Waals surface area contributed by atoms with Crippen LogP contribution in [0.25, 0.3) is 0 Å². The molecule has 0 radical (unpaired) electrons. The Labute approximate surface area is 160 Å². The molecule has 0 aliphatic carbocycles. The van der Waals surface area contributed by atoms with Crippen molar-refractivity contribution in [2.24, 2.45) is 0 Å². The molecule has 0 saturated heterocycles. The predicted octanol–water partition coefficient (Wildman–Crippen LogP) is 4.21. The van der Waals surface area contributed by atoms with Crippen LogP contribution in [0.15, 0.2) is 91.0 Å². The van der Waals surface area contributed by atoms with Crippen LogP contribution in [0.2, 0.25) is 4.18 Å². The SMILES string of the molecule is O=C([CH2][In]([C](=O)c1ccccc1)[C](=O)c1ccccc1)c1ccccc1. The summed E-state index contributed by atoms with van der Waals surface area (Å²) < 4.78 is -0.177. The van der Waals surface area contributed by atoms with E-state index < -0.39 is 21.4 Å². The first-order valence-corrected chi connectivity index (χ1v) is 14.1. The van der Waals surface area contributed by atoms with E-state index in [4.69, 9.17) is 0 Å². The normalized spacial score (nSPS) is 10.2. The molecule has 0 fully saturated rings. The van der Waals surface area contributed by atoms with E-state index in [2.05, 4.69) is 0 Å². The number of Topliss-reactive ketones (excluding diaryl/α,β-unsaturated/α-hetero) is 1. The fourth-order valence-corrected chi connectivity index (χ4v) is 9.70. The zero-order chi connectivity index (χ0) is 18.4. The van der Waals surface area contributed by atoms with Crippen molar-refractivity contribution in [2.45, 2.75) is 4.18 Å². The van der Waals surface area contributed by atoms with Gasteiger partial charge in [0.15, 0.2) is 0 Å². The van der Waals surface area contributed by atoms with E-state index in [0.717, 1.165) is 0 Å². The number of rotatable bonds is 7. The maximum absolute atomic E-state index is 13.0. The molecule has 4 heteroatoms. The molecule has 126 valence electrons. The molecule has 3 aromatic rings. The van der Waals surface area contributed by atoms with Crippen molar-refractivity contribution in [3.8, 4) is 0 Å². The summed E-state index contributed by atoms with van der Waals surface area (Å²) in [6.07, 6.45) is 0. The van der Waals surface area contributed by atoms with Gasteiger partial charge in [-0.05, 0) is 0 Å². The van der Waals surface area contributed by atoms with Crippen LogP contribution in [0.5, 0.6) is 0 Å². The van der Waals surface area contributed by atoms with Gasteiger partial charge >= 0.3 is 161 Å². The van der Waals surface area contributed by atoms with Crippen molar-refractivity contribution in [2.75, 3.05) is 0 Å². The Morgan fingerprint density at radius 1 is 0.538 bits per heavy atom. The summed E-state index contributed by atoms with van der Waals surface area (Å²) in [5.74, 6) is -0.125. The minimum absolute atomic E-state index is 0.0626. The van der Waals surface area contributed by atoms with Crippen LogP contribution in [0, 0.1) is 0 Å². The molecule has 0 aliphatic rings. The number of hydrogen-bond acceptors (Lipinski definition) is 3. The first-order chi connectivity index (χ1) is 12.7. The average molecular weight is 444 g/mol. The van der Waals surface area contributed by atoms with Gasteiger partial charge in [0.2, 0.25) is 0 Å². The molecule has 0 amide bonds. The van der Waals surface area contributed by atoms with Crippen molar-refractivity contribution in [3.63, 3.8) is 0 Å². The van der Waals surface area contributed by atoms with Crippen LogP contribution in [0.4, 0.5) is 0 Å². The Morgan fingerprint density at radius 3 is 1.27 bits per heavy atom. The molecule has 3 aromatic carbocycles. The van der Waals surface area contributed by atoms with Crippen LogP contribution < -0.4 is 0 Å². The zero-order valence-electron chi connectivity index (χ0n) is 14.2. The number of benzene rings is 3.